The van der Waals surface area contributed by atoms with E-state index in [4.69, 9.17) is 15.0 Å². The van der Waals surface area contributed by atoms with Gasteiger partial charge in [0.05, 0.1) is 19.0 Å². The van der Waals surface area contributed by atoms with E-state index in [0.29, 0.717) is 19.4 Å². The number of ether oxygens (including phenoxy) is 1. The van der Waals surface area contributed by atoms with E-state index in [-0.39, 0.29) is 17.9 Å². The Bertz CT molecular complexity index is 1210. The van der Waals surface area contributed by atoms with Crippen LogP contribution in [0.25, 0.3) is 0 Å². The Labute approximate surface area is 235 Å². The molecule has 1 aromatic heterocycles. The van der Waals surface area contributed by atoms with Crippen LogP contribution in [0.2, 0.25) is 0 Å². The van der Waals surface area contributed by atoms with Gasteiger partial charge in [0.1, 0.15) is 11.6 Å². The number of amides is 2. The number of halogens is 6. The van der Waals surface area contributed by atoms with Gasteiger partial charge in [-0.3, -0.25) is 14.4 Å². The molecule has 0 aliphatic heterocycles. The second-order valence-corrected chi connectivity index (χ2v) is 8.52. The molecule has 1 aromatic carbocycles. The standard InChI is InChI=1S/C23H27F3N4O5.C2HF3O2/c1-15-8-10-28-19(11-15)27-9-3-2-7-20(31)29-14-21(32)30-18(13-22(33)34)16-5-4-6-17(12-16)35-23(24,25)26;3-2(4,5)1(6)7/h4-6,8,10-12,18H,2-3,7,9,13-14H2,1H3,(H,27,28)(H,29,31)(H,30,32)(H,33,34);(H,6,7). The molecule has 1 heterocycles. The largest absolute Gasteiger partial charge is 0.573 e. The van der Waals surface area contributed by atoms with Gasteiger partial charge in [-0.1, -0.05) is 12.1 Å². The number of carbonyl (C=O) groups is 4. The number of rotatable bonds is 13. The van der Waals surface area contributed by atoms with E-state index in [0.717, 1.165) is 23.5 Å². The number of hydrogen-bond donors (Lipinski definition) is 5. The highest BCUT2D eigenvalue weighted by molar-refractivity contribution is 5.85. The van der Waals surface area contributed by atoms with Crippen molar-refractivity contribution >= 4 is 29.6 Å². The number of benzene rings is 1. The maximum Gasteiger partial charge on any atom is 0.573 e. The van der Waals surface area contributed by atoms with Gasteiger partial charge in [0.15, 0.2) is 0 Å². The molecule has 42 heavy (non-hydrogen) atoms. The first-order chi connectivity index (χ1) is 19.5. The number of pyridine rings is 1. The second-order valence-electron chi connectivity index (χ2n) is 8.52. The average Bonchev–Trinajstić information content (AvgIpc) is 2.85. The first-order valence-corrected chi connectivity index (χ1v) is 12.1. The molecule has 0 saturated heterocycles. The van der Waals surface area contributed by atoms with E-state index in [1.165, 1.54) is 12.1 Å². The molecule has 0 bridgehead atoms. The molecular weight excluding hydrogens is 582 g/mol. The summed E-state index contributed by atoms with van der Waals surface area (Å²) in [5.74, 6) is -4.86. The molecule has 1 unspecified atom stereocenters. The van der Waals surface area contributed by atoms with Gasteiger partial charge >= 0.3 is 24.5 Å². The fourth-order valence-corrected chi connectivity index (χ4v) is 3.13. The molecular formula is C25H28F6N4O7. The fourth-order valence-electron chi connectivity index (χ4n) is 3.13. The van der Waals surface area contributed by atoms with Crippen molar-refractivity contribution in [2.75, 3.05) is 18.4 Å². The summed E-state index contributed by atoms with van der Waals surface area (Å²) in [6.07, 6.45) is -7.41. The molecule has 1 atom stereocenters. The molecule has 0 radical (unpaired) electrons. The minimum absolute atomic E-state index is 0.115. The van der Waals surface area contributed by atoms with Gasteiger partial charge in [-0.05, 0) is 55.2 Å². The van der Waals surface area contributed by atoms with Crippen molar-refractivity contribution in [2.24, 2.45) is 0 Å². The number of anilines is 1. The highest BCUT2D eigenvalue weighted by Crippen LogP contribution is 2.26. The smallest absolute Gasteiger partial charge is 0.481 e. The van der Waals surface area contributed by atoms with Gasteiger partial charge in [0, 0.05) is 19.2 Å². The average molecular weight is 611 g/mol. The lowest BCUT2D eigenvalue weighted by atomic mass is 10.0. The number of carbonyl (C=O) groups excluding carboxylic acids is 2. The van der Waals surface area contributed by atoms with Crippen molar-refractivity contribution in [2.45, 2.75) is 51.2 Å². The Morgan fingerprint density at radius 3 is 2.21 bits per heavy atom. The third-order valence-electron chi connectivity index (χ3n) is 4.95. The quantitative estimate of drug-likeness (QED) is 0.167. The van der Waals surface area contributed by atoms with Gasteiger partial charge < -0.3 is 30.9 Å². The maximum atomic E-state index is 12.5. The van der Waals surface area contributed by atoms with Gasteiger partial charge in [-0.25, -0.2) is 9.78 Å². The van der Waals surface area contributed by atoms with Crippen molar-refractivity contribution in [1.82, 2.24) is 15.6 Å². The zero-order valence-electron chi connectivity index (χ0n) is 22.0. The summed E-state index contributed by atoms with van der Waals surface area (Å²) in [4.78, 5) is 48.5. The molecule has 2 amide bonds. The van der Waals surface area contributed by atoms with Crippen molar-refractivity contribution in [1.29, 1.82) is 0 Å². The summed E-state index contributed by atoms with van der Waals surface area (Å²) < 4.78 is 73.0. The van der Waals surface area contributed by atoms with Crippen LogP contribution in [-0.2, 0) is 19.2 Å². The Hall–Kier alpha value is -4.57. The predicted octanol–water partition coefficient (Wildman–Crippen LogP) is 3.95. The Morgan fingerprint density at radius 1 is 0.976 bits per heavy atom. The summed E-state index contributed by atoms with van der Waals surface area (Å²) >= 11 is 0. The number of carboxylic acids is 2. The first kappa shape index (κ1) is 35.5. The van der Waals surface area contributed by atoms with Crippen LogP contribution in [0.3, 0.4) is 0 Å². The number of unbranched alkanes of at least 4 members (excludes halogenated alkanes) is 1. The van der Waals surface area contributed by atoms with Crippen LogP contribution < -0.4 is 20.7 Å². The minimum atomic E-state index is -5.08. The van der Waals surface area contributed by atoms with Crippen LogP contribution in [0, 0.1) is 6.92 Å². The van der Waals surface area contributed by atoms with Crippen molar-refractivity contribution in [3.8, 4) is 5.75 Å². The molecule has 232 valence electrons. The minimum Gasteiger partial charge on any atom is -0.481 e. The molecule has 5 N–H and O–H groups in total. The van der Waals surface area contributed by atoms with Gasteiger partial charge in [-0.2, -0.15) is 13.2 Å². The lowest BCUT2D eigenvalue weighted by Crippen LogP contribution is -2.39. The number of aromatic nitrogens is 1. The Balaban J connectivity index is 0.00000112. The first-order valence-electron chi connectivity index (χ1n) is 12.1. The normalized spacial score (nSPS) is 11.8. The number of carboxylic acid groups (broad SMARTS) is 2. The molecule has 17 heteroatoms. The zero-order chi connectivity index (χ0) is 31.9. The lowest BCUT2D eigenvalue weighted by Gasteiger charge is -2.19. The van der Waals surface area contributed by atoms with Crippen molar-refractivity contribution in [3.63, 3.8) is 0 Å². The Kier molecular flexibility index (Phi) is 14.0. The number of aliphatic carboxylic acids is 2. The summed E-state index contributed by atoms with van der Waals surface area (Å²) in [7, 11) is 0. The van der Waals surface area contributed by atoms with E-state index in [2.05, 4.69) is 25.7 Å². The molecule has 0 saturated carbocycles. The fraction of sp³-hybridized carbons (Fsp3) is 0.400. The SMILES string of the molecule is Cc1ccnc(NCCCCC(=O)NCC(=O)NC(CC(=O)O)c2cccc(OC(F)(F)F)c2)c1.O=C(O)C(F)(F)F. The van der Waals surface area contributed by atoms with Gasteiger partial charge in [0.2, 0.25) is 11.8 Å². The zero-order valence-corrected chi connectivity index (χ0v) is 22.0. The summed E-state index contributed by atoms with van der Waals surface area (Å²) in [6.45, 7) is 2.17. The number of nitrogens with zero attached hydrogens (tertiary/aromatic N) is 1. The second kappa shape index (κ2) is 16.6. The van der Waals surface area contributed by atoms with Crippen LogP contribution in [0.1, 0.15) is 42.9 Å². The van der Waals surface area contributed by atoms with Gasteiger partial charge in [0.25, 0.3) is 0 Å². The van der Waals surface area contributed by atoms with E-state index < -0.39 is 55.1 Å². The van der Waals surface area contributed by atoms with Crippen LogP contribution in [0.4, 0.5) is 32.2 Å². The predicted molar refractivity (Wildman–Crippen MR) is 134 cm³/mol. The molecule has 2 rings (SSSR count). The summed E-state index contributed by atoms with van der Waals surface area (Å²) in [6, 6.07) is 7.36. The molecule has 0 aliphatic rings. The van der Waals surface area contributed by atoms with Gasteiger partial charge in [-0.15, -0.1) is 13.2 Å². The van der Waals surface area contributed by atoms with E-state index in [9.17, 15) is 40.7 Å². The summed E-state index contributed by atoms with van der Waals surface area (Å²) in [5.41, 5.74) is 1.19. The summed E-state index contributed by atoms with van der Waals surface area (Å²) in [5, 5.41) is 24.3. The maximum absolute atomic E-state index is 12.5. The number of aryl methyl sites for hydroxylation is 1. The number of alkyl halides is 6. The molecule has 2 aromatic rings. The Morgan fingerprint density at radius 2 is 1.64 bits per heavy atom. The molecule has 0 spiro atoms. The van der Waals surface area contributed by atoms with Crippen LogP contribution >= 0.6 is 0 Å². The van der Waals surface area contributed by atoms with Crippen LogP contribution in [0.15, 0.2) is 42.6 Å². The van der Waals surface area contributed by atoms with Crippen molar-refractivity contribution in [3.05, 3.63) is 53.7 Å². The van der Waals surface area contributed by atoms with Crippen molar-refractivity contribution < 1.29 is 60.5 Å². The molecule has 11 nitrogen and oxygen atoms in total. The van der Waals surface area contributed by atoms with E-state index >= 15 is 0 Å². The number of hydrogen-bond acceptors (Lipinski definition) is 7. The van der Waals surface area contributed by atoms with Crippen LogP contribution in [0.5, 0.6) is 5.75 Å². The van der Waals surface area contributed by atoms with E-state index in [1.807, 2.05) is 19.1 Å². The molecule has 0 fully saturated rings. The topological polar surface area (TPSA) is 167 Å². The third kappa shape index (κ3) is 15.9. The molecule has 0 aliphatic carbocycles. The third-order valence-corrected chi connectivity index (χ3v) is 4.95. The lowest BCUT2D eigenvalue weighted by molar-refractivity contribution is -0.274. The number of nitrogens with one attached hydrogen (secondary N) is 3. The van der Waals surface area contributed by atoms with Crippen LogP contribution in [-0.4, -0.2) is 64.6 Å². The monoisotopic (exact) mass is 610 g/mol. The van der Waals surface area contributed by atoms with E-state index in [1.54, 1.807) is 6.20 Å². The highest BCUT2D eigenvalue weighted by Gasteiger charge is 2.38. The highest BCUT2D eigenvalue weighted by atomic mass is 19.4.